The maximum atomic E-state index is 13.6. The number of halogens is 2. The molecule has 1 unspecified atom stereocenters. The summed E-state index contributed by atoms with van der Waals surface area (Å²) in [6, 6.07) is 33.4. The molecule has 0 aromatic heterocycles. The van der Waals surface area contributed by atoms with Gasteiger partial charge in [-0.3, -0.25) is 4.79 Å². The number of amides is 1. The normalized spacial score (nSPS) is 16.5. The van der Waals surface area contributed by atoms with Crippen LogP contribution in [-0.4, -0.2) is 44.7 Å². The number of carbonyl (C=O) groups is 2. The Labute approximate surface area is 324 Å². The lowest BCUT2D eigenvalue weighted by Crippen LogP contribution is -2.53. The molecule has 2 aliphatic rings. The number of benzene rings is 5. The van der Waals surface area contributed by atoms with Gasteiger partial charge in [0.25, 0.3) is 0 Å². The lowest BCUT2D eigenvalue weighted by atomic mass is 9.93. The van der Waals surface area contributed by atoms with E-state index in [9.17, 15) is 9.59 Å². The van der Waals surface area contributed by atoms with Crippen LogP contribution in [0.3, 0.4) is 0 Å². The molecule has 0 spiro atoms. The summed E-state index contributed by atoms with van der Waals surface area (Å²) < 4.78 is 17.6. The van der Waals surface area contributed by atoms with Crippen LogP contribution in [0.2, 0.25) is 10.0 Å². The van der Waals surface area contributed by atoms with Crippen molar-refractivity contribution in [2.75, 3.05) is 25.6 Å². The van der Waals surface area contributed by atoms with Crippen molar-refractivity contribution in [1.29, 1.82) is 5.26 Å². The van der Waals surface area contributed by atoms with Gasteiger partial charge in [-0.15, -0.1) is 0 Å². The quantitative estimate of drug-likeness (QED) is 0.140. The molecule has 2 aliphatic heterocycles. The zero-order chi connectivity index (χ0) is 37.8. The number of hydrogen-bond donors (Lipinski definition) is 2. The summed E-state index contributed by atoms with van der Waals surface area (Å²) in [5, 5.41) is 16.4. The topological polar surface area (TPSA) is 113 Å². The molecule has 54 heavy (non-hydrogen) atoms. The van der Waals surface area contributed by atoms with E-state index in [0.29, 0.717) is 41.7 Å². The fourth-order valence-electron chi connectivity index (χ4n) is 6.81. The minimum Gasteiger partial charge on any atom is -0.489 e. The average molecular weight is 762 g/mol. The van der Waals surface area contributed by atoms with Crippen LogP contribution in [-0.2, 0) is 40.3 Å². The summed E-state index contributed by atoms with van der Waals surface area (Å²) in [6.45, 7) is 1.49. The first kappa shape index (κ1) is 36.8. The highest BCUT2D eigenvalue weighted by molar-refractivity contribution is 6.42. The first-order valence-electron chi connectivity index (χ1n) is 17.6. The van der Waals surface area contributed by atoms with Crippen molar-refractivity contribution >= 4 is 40.8 Å². The van der Waals surface area contributed by atoms with Crippen molar-refractivity contribution in [3.63, 3.8) is 0 Å². The van der Waals surface area contributed by atoms with Gasteiger partial charge >= 0.3 is 5.97 Å². The standard InChI is InChI=1S/C43H38Cl2N4O5/c1-49-24-41(31-12-14-34(15-13-31)53-25-28-7-16-35(44)36(45)17-28)54-40-21-33-23-47-37(19-32(33)20-39(40)49)42(50)48-38(43(51)52-2)18-26-3-8-29(9-4-26)30-10-5-27(22-46)6-11-30/h3-17,20-21,37-38,41,47H,18-19,23-25H2,1-2H3,(H,48,50)/t37?,38-,41+/m0/s1. The molecule has 5 aromatic rings. The van der Waals surface area contributed by atoms with Crippen LogP contribution in [0.4, 0.5) is 5.69 Å². The molecule has 0 radical (unpaired) electrons. The molecule has 274 valence electrons. The van der Waals surface area contributed by atoms with Gasteiger partial charge in [0.05, 0.1) is 47.1 Å². The van der Waals surface area contributed by atoms with Gasteiger partial charge in [-0.05, 0) is 93.9 Å². The summed E-state index contributed by atoms with van der Waals surface area (Å²) in [6.07, 6.45) is 0.561. The van der Waals surface area contributed by atoms with Crippen LogP contribution in [0, 0.1) is 11.3 Å². The third-order valence-corrected chi connectivity index (χ3v) is 10.6. The molecule has 0 aliphatic carbocycles. The number of rotatable bonds is 10. The smallest absolute Gasteiger partial charge is 0.328 e. The lowest BCUT2D eigenvalue weighted by molar-refractivity contribution is -0.145. The van der Waals surface area contributed by atoms with Gasteiger partial charge in [0.15, 0.2) is 0 Å². The van der Waals surface area contributed by atoms with Gasteiger partial charge in [0, 0.05) is 20.0 Å². The van der Waals surface area contributed by atoms with Gasteiger partial charge in [0.2, 0.25) is 5.91 Å². The molecular formula is C43H38Cl2N4O5. The van der Waals surface area contributed by atoms with Gasteiger partial charge in [-0.1, -0.05) is 77.8 Å². The third kappa shape index (κ3) is 8.32. The number of nitrogens with zero attached hydrogens (tertiary/aromatic N) is 2. The van der Waals surface area contributed by atoms with Gasteiger partial charge < -0.3 is 29.7 Å². The number of likely N-dealkylation sites (N-methyl/N-ethyl adjacent to an activating group) is 1. The van der Waals surface area contributed by atoms with E-state index in [1.165, 1.54) is 7.11 Å². The number of nitrogens with one attached hydrogen (secondary N) is 2. The van der Waals surface area contributed by atoms with Crippen molar-refractivity contribution < 1.29 is 23.8 Å². The van der Waals surface area contributed by atoms with E-state index < -0.39 is 18.1 Å². The molecule has 0 fully saturated rings. The molecule has 7 rings (SSSR count). The summed E-state index contributed by atoms with van der Waals surface area (Å²) in [7, 11) is 3.36. The fourth-order valence-corrected chi connectivity index (χ4v) is 7.13. The predicted molar refractivity (Wildman–Crippen MR) is 209 cm³/mol. The van der Waals surface area contributed by atoms with Crippen LogP contribution >= 0.6 is 23.2 Å². The Bertz CT molecular complexity index is 2200. The van der Waals surface area contributed by atoms with E-state index >= 15 is 0 Å². The maximum Gasteiger partial charge on any atom is 0.328 e. The number of anilines is 1. The van der Waals surface area contributed by atoms with Gasteiger partial charge in [-0.25, -0.2) is 4.79 Å². The van der Waals surface area contributed by atoms with E-state index in [0.717, 1.165) is 56.1 Å². The lowest BCUT2D eigenvalue weighted by Gasteiger charge is -2.36. The zero-order valence-electron chi connectivity index (χ0n) is 29.8. The highest BCUT2D eigenvalue weighted by Crippen LogP contribution is 2.40. The van der Waals surface area contributed by atoms with E-state index in [1.54, 1.807) is 24.3 Å². The number of carbonyl (C=O) groups excluding carboxylic acids is 2. The minimum absolute atomic E-state index is 0.179. The number of hydrogen-bond acceptors (Lipinski definition) is 8. The first-order valence-corrected chi connectivity index (χ1v) is 18.3. The molecule has 1 amide bonds. The predicted octanol–water partition coefficient (Wildman–Crippen LogP) is 7.60. The Morgan fingerprint density at radius 3 is 2.31 bits per heavy atom. The van der Waals surface area contributed by atoms with Gasteiger partial charge in [0.1, 0.15) is 30.3 Å². The molecule has 2 heterocycles. The molecular weight excluding hydrogens is 723 g/mol. The minimum atomic E-state index is -0.852. The zero-order valence-corrected chi connectivity index (χ0v) is 31.3. The fraction of sp³-hybridized carbons (Fsp3) is 0.233. The number of esters is 1. The molecule has 2 N–H and O–H groups in total. The molecule has 0 saturated heterocycles. The maximum absolute atomic E-state index is 13.6. The van der Waals surface area contributed by atoms with Crippen LogP contribution < -0.4 is 25.0 Å². The molecule has 0 saturated carbocycles. The Balaban J connectivity index is 0.969. The number of methoxy groups -OCH3 is 1. The molecule has 0 bridgehead atoms. The Hall–Kier alpha value is -5.53. The van der Waals surface area contributed by atoms with Crippen LogP contribution in [0.25, 0.3) is 11.1 Å². The first-order chi connectivity index (χ1) is 26.2. The summed E-state index contributed by atoms with van der Waals surface area (Å²) in [4.78, 5) is 28.6. The Kier molecular flexibility index (Phi) is 11.1. The molecule has 5 aromatic carbocycles. The number of fused-ring (bicyclic) bond motifs is 2. The second-order valence-corrected chi connectivity index (χ2v) is 14.3. The number of nitriles is 1. The molecule has 11 heteroatoms. The van der Waals surface area contributed by atoms with Crippen LogP contribution in [0.15, 0.2) is 103 Å². The van der Waals surface area contributed by atoms with Crippen LogP contribution in [0.5, 0.6) is 11.5 Å². The van der Waals surface area contributed by atoms with E-state index in [4.69, 9.17) is 42.7 Å². The second-order valence-electron chi connectivity index (χ2n) is 13.5. The highest BCUT2D eigenvalue weighted by atomic mass is 35.5. The molecule has 3 atom stereocenters. The van der Waals surface area contributed by atoms with E-state index in [2.05, 4.69) is 33.7 Å². The Morgan fingerprint density at radius 2 is 1.63 bits per heavy atom. The van der Waals surface area contributed by atoms with Crippen molar-refractivity contribution in [3.8, 4) is 28.7 Å². The van der Waals surface area contributed by atoms with Gasteiger partial charge in [-0.2, -0.15) is 5.26 Å². The van der Waals surface area contributed by atoms with E-state index in [1.807, 2.05) is 73.8 Å². The van der Waals surface area contributed by atoms with Crippen molar-refractivity contribution in [1.82, 2.24) is 10.6 Å². The molecule has 9 nitrogen and oxygen atoms in total. The number of ether oxygens (including phenoxy) is 3. The monoisotopic (exact) mass is 760 g/mol. The summed E-state index contributed by atoms with van der Waals surface area (Å²) in [5.41, 5.74) is 8.48. The second kappa shape index (κ2) is 16.2. The van der Waals surface area contributed by atoms with Crippen LogP contribution in [0.1, 0.15) is 39.5 Å². The highest BCUT2D eigenvalue weighted by Gasteiger charge is 2.32. The largest absolute Gasteiger partial charge is 0.489 e. The van der Waals surface area contributed by atoms with E-state index in [-0.39, 0.29) is 18.4 Å². The third-order valence-electron chi connectivity index (χ3n) is 9.87. The summed E-state index contributed by atoms with van der Waals surface area (Å²) >= 11 is 12.2. The SMILES string of the molecule is COC(=O)[C@H](Cc1ccc(-c2ccc(C#N)cc2)cc1)NC(=O)C1Cc2cc3c(cc2CN1)O[C@@H](c1ccc(OCc2ccc(Cl)c(Cl)c2)cc1)CN3C. The van der Waals surface area contributed by atoms with Crippen molar-refractivity contribution in [2.45, 2.75) is 44.2 Å². The average Bonchev–Trinajstić information content (AvgIpc) is 3.20. The summed E-state index contributed by atoms with van der Waals surface area (Å²) in [5.74, 6) is 0.745. The van der Waals surface area contributed by atoms with Crippen molar-refractivity contribution in [2.24, 2.45) is 0 Å². The Morgan fingerprint density at radius 1 is 0.926 bits per heavy atom. The van der Waals surface area contributed by atoms with Crippen molar-refractivity contribution in [3.05, 3.63) is 147 Å².